The highest BCUT2D eigenvalue weighted by molar-refractivity contribution is 5.35. The summed E-state index contributed by atoms with van der Waals surface area (Å²) in [6.07, 6.45) is 2.03. The number of phenolic OH excluding ortho intramolecular Hbond substituents is 1. The van der Waals surface area contributed by atoms with E-state index in [1.807, 2.05) is 0 Å². The number of aromatic hydroxyl groups is 1. The molecule has 3 heteroatoms. The average molecular weight is 181 g/mol. The van der Waals surface area contributed by atoms with E-state index in [2.05, 4.69) is 6.58 Å². The molecule has 1 rings (SSSR count). The Hall–Kier alpha value is -1.35. The second-order valence-electron chi connectivity index (χ2n) is 2.80. The standard InChI is InChI=1S/C10H12FNO/c1-2-4-8(12)10-7(11)5-3-6-9(10)13/h2-3,5-6,8,13H,1,4,12H2. The van der Waals surface area contributed by atoms with Gasteiger partial charge < -0.3 is 10.8 Å². The van der Waals surface area contributed by atoms with E-state index in [9.17, 15) is 9.50 Å². The molecule has 0 aliphatic heterocycles. The lowest BCUT2D eigenvalue weighted by atomic mass is 10.0. The molecule has 0 radical (unpaired) electrons. The van der Waals surface area contributed by atoms with Gasteiger partial charge in [-0.05, 0) is 18.6 Å². The van der Waals surface area contributed by atoms with Crippen molar-refractivity contribution < 1.29 is 9.50 Å². The largest absolute Gasteiger partial charge is 0.508 e. The fourth-order valence-electron chi connectivity index (χ4n) is 1.19. The molecule has 0 aromatic heterocycles. The minimum atomic E-state index is -0.529. The molecule has 0 amide bonds. The monoisotopic (exact) mass is 181 g/mol. The van der Waals surface area contributed by atoms with Crippen LogP contribution < -0.4 is 5.73 Å². The maximum absolute atomic E-state index is 13.1. The highest BCUT2D eigenvalue weighted by atomic mass is 19.1. The van der Waals surface area contributed by atoms with Gasteiger partial charge >= 0.3 is 0 Å². The van der Waals surface area contributed by atoms with Crippen molar-refractivity contribution in [1.82, 2.24) is 0 Å². The van der Waals surface area contributed by atoms with Crippen molar-refractivity contribution in [1.29, 1.82) is 0 Å². The summed E-state index contributed by atoms with van der Waals surface area (Å²) in [5.41, 5.74) is 5.79. The van der Waals surface area contributed by atoms with Gasteiger partial charge in [0.15, 0.2) is 0 Å². The SMILES string of the molecule is C=CCC(N)c1c(O)cccc1F. The molecule has 0 fully saturated rings. The van der Waals surface area contributed by atoms with Gasteiger partial charge in [-0.25, -0.2) is 4.39 Å². The number of rotatable bonds is 3. The Morgan fingerprint density at radius 2 is 2.31 bits per heavy atom. The molecular formula is C10H12FNO. The molecule has 0 bridgehead atoms. The van der Waals surface area contributed by atoms with Crippen molar-refractivity contribution in [3.8, 4) is 5.75 Å². The molecule has 70 valence electrons. The number of halogens is 1. The van der Waals surface area contributed by atoms with Crippen LogP contribution in [0, 0.1) is 5.82 Å². The molecule has 1 atom stereocenters. The molecule has 0 saturated carbocycles. The second kappa shape index (κ2) is 4.05. The fourth-order valence-corrected chi connectivity index (χ4v) is 1.19. The highest BCUT2D eigenvalue weighted by Gasteiger charge is 2.13. The first-order valence-corrected chi connectivity index (χ1v) is 4.00. The molecule has 0 aliphatic rings. The smallest absolute Gasteiger partial charge is 0.131 e. The zero-order valence-corrected chi connectivity index (χ0v) is 7.20. The van der Waals surface area contributed by atoms with E-state index in [1.54, 1.807) is 6.08 Å². The molecule has 0 aliphatic carbocycles. The van der Waals surface area contributed by atoms with E-state index in [0.717, 1.165) is 0 Å². The normalized spacial score (nSPS) is 12.5. The van der Waals surface area contributed by atoms with Crippen LogP contribution in [0.3, 0.4) is 0 Å². The number of hydrogen-bond donors (Lipinski definition) is 2. The Bertz CT molecular complexity index is 292. The van der Waals surface area contributed by atoms with Gasteiger partial charge in [-0.3, -0.25) is 0 Å². The van der Waals surface area contributed by atoms with Crippen LogP contribution >= 0.6 is 0 Å². The minimum absolute atomic E-state index is 0.102. The summed E-state index contributed by atoms with van der Waals surface area (Å²) in [6, 6.07) is 3.60. The number of benzene rings is 1. The second-order valence-corrected chi connectivity index (χ2v) is 2.80. The van der Waals surface area contributed by atoms with E-state index in [0.29, 0.717) is 6.42 Å². The zero-order valence-electron chi connectivity index (χ0n) is 7.20. The van der Waals surface area contributed by atoms with Crippen LogP contribution in [0.15, 0.2) is 30.9 Å². The van der Waals surface area contributed by atoms with Gasteiger partial charge in [-0.2, -0.15) is 0 Å². The Balaban J connectivity index is 3.04. The fraction of sp³-hybridized carbons (Fsp3) is 0.200. The van der Waals surface area contributed by atoms with Gasteiger partial charge in [-0.1, -0.05) is 12.1 Å². The Labute approximate surface area is 76.5 Å². The van der Waals surface area contributed by atoms with Crippen molar-refractivity contribution in [3.63, 3.8) is 0 Å². The van der Waals surface area contributed by atoms with Crippen molar-refractivity contribution in [2.24, 2.45) is 5.73 Å². The lowest BCUT2D eigenvalue weighted by molar-refractivity contribution is 0.449. The van der Waals surface area contributed by atoms with E-state index in [-0.39, 0.29) is 11.3 Å². The zero-order chi connectivity index (χ0) is 9.84. The van der Waals surface area contributed by atoms with Gasteiger partial charge in [0.2, 0.25) is 0 Å². The minimum Gasteiger partial charge on any atom is -0.508 e. The highest BCUT2D eigenvalue weighted by Crippen LogP contribution is 2.27. The predicted octanol–water partition coefficient (Wildman–Crippen LogP) is 2.11. The Morgan fingerprint density at radius 3 is 2.85 bits per heavy atom. The number of nitrogens with two attached hydrogens (primary N) is 1. The molecule has 13 heavy (non-hydrogen) atoms. The number of hydrogen-bond acceptors (Lipinski definition) is 2. The summed E-state index contributed by atoms with van der Waals surface area (Å²) in [6.45, 7) is 3.50. The van der Waals surface area contributed by atoms with Crippen molar-refractivity contribution in [3.05, 3.63) is 42.2 Å². The molecule has 1 aromatic rings. The van der Waals surface area contributed by atoms with Gasteiger partial charge in [0.05, 0.1) is 0 Å². The van der Waals surface area contributed by atoms with Gasteiger partial charge in [-0.15, -0.1) is 6.58 Å². The van der Waals surface area contributed by atoms with Crippen LogP contribution in [0.1, 0.15) is 18.0 Å². The molecular weight excluding hydrogens is 169 g/mol. The Kier molecular flexibility index (Phi) is 3.03. The Morgan fingerprint density at radius 1 is 1.62 bits per heavy atom. The maximum Gasteiger partial charge on any atom is 0.131 e. The van der Waals surface area contributed by atoms with E-state index < -0.39 is 11.9 Å². The van der Waals surface area contributed by atoms with Crippen LogP contribution in [0.25, 0.3) is 0 Å². The third kappa shape index (κ3) is 2.06. The molecule has 1 unspecified atom stereocenters. The summed E-state index contributed by atoms with van der Waals surface area (Å²) in [5.74, 6) is -0.580. The maximum atomic E-state index is 13.1. The first-order chi connectivity index (χ1) is 6.16. The van der Waals surface area contributed by atoms with Crippen molar-refractivity contribution in [2.45, 2.75) is 12.5 Å². The summed E-state index contributed by atoms with van der Waals surface area (Å²) in [5, 5.41) is 9.33. The third-order valence-electron chi connectivity index (χ3n) is 1.82. The van der Waals surface area contributed by atoms with E-state index >= 15 is 0 Å². The predicted molar refractivity (Wildman–Crippen MR) is 49.8 cm³/mol. The molecule has 3 N–H and O–H groups in total. The molecule has 1 aromatic carbocycles. The first kappa shape index (κ1) is 9.74. The first-order valence-electron chi connectivity index (χ1n) is 4.00. The molecule has 0 spiro atoms. The van der Waals surface area contributed by atoms with Crippen LogP contribution in [0.4, 0.5) is 4.39 Å². The van der Waals surface area contributed by atoms with E-state index in [4.69, 9.17) is 5.73 Å². The van der Waals surface area contributed by atoms with Crippen LogP contribution in [-0.2, 0) is 0 Å². The summed E-state index contributed by atoms with van der Waals surface area (Å²) in [4.78, 5) is 0. The average Bonchev–Trinajstić information content (AvgIpc) is 2.04. The van der Waals surface area contributed by atoms with E-state index in [1.165, 1.54) is 18.2 Å². The lowest BCUT2D eigenvalue weighted by Gasteiger charge is -2.11. The molecule has 0 saturated heterocycles. The van der Waals surface area contributed by atoms with Crippen LogP contribution in [-0.4, -0.2) is 5.11 Å². The van der Waals surface area contributed by atoms with Crippen LogP contribution in [0.2, 0.25) is 0 Å². The molecule has 0 heterocycles. The van der Waals surface area contributed by atoms with Gasteiger partial charge in [0.1, 0.15) is 11.6 Å². The summed E-state index contributed by atoms with van der Waals surface area (Å²) < 4.78 is 13.1. The van der Waals surface area contributed by atoms with Crippen LogP contribution in [0.5, 0.6) is 5.75 Å². The third-order valence-corrected chi connectivity index (χ3v) is 1.82. The summed E-state index contributed by atoms with van der Waals surface area (Å²) in [7, 11) is 0. The van der Waals surface area contributed by atoms with Crippen molar-refractivity contribution in [2.75, 3.05) is 0 Å². The van der Waals surface area contributed by atoms with Crippen molar-refractivity contribution >= 4 is 0 Å². The lowest BCUT2D eigenvalue weighted by Crippen LogP contribution is -2.11. The van der Waals surface area contributed by atoms with Gasteiger partial charge in [0.25, 0.3) is 0 Å². The number of phenols is 1. The topological polar surface area (TPSA) is 46.2 Å². The molecule has 2 nitrogen and oxygen atoms in total. The van der Waals surface area contributed by atoms with Gasteiger partial charge in [0, 0.05) is 11.6 Å². The quantitative estimate of drug-likeness (QED) is 0.701. The summed E-state index contributed by atoms with van der Waals surface area (Å²) >= 11 is 0.